The highest BCUT2D eigenvalue weighted by Gasteiger charge is 2.11. The molecule has 20 heavy (non-hydrogen) atoms. The maximum atomic E-state index is 12.4. The molecule has 0 atom stereocenters. The van der Waals surface area contributed by atoms with Gasteiger partial charge in [-0.05, 0) is 24.3 Å². The number of ketones is 1. The molecule has 0 aliphatic carbocycles. The Labute approximate surface area is 126 Å². The Morgan fingerprint density at radius 2 is 1.65 bits per heavy atom. The van der Waals surface area contributed by atoms with Gasteiger partial charge < -0.3 is 0 Å². The van der Waals surface area contributed by atoms with E-state index in [-0.39, 0.29) is 5.78 Å². The fraction of sp³-hybridized carbons (Fsp3) is 0. The van der Waals surface area contributed by atoms with Crippen LogP contribution in [0.5, 0.6) is 0 Å². The zero-order chi connectivity index (χ0) is 14.1. The van der Waals surface area contributed by atoms with Gasteiger partial charge in [-0.2, -0.15) is 0 Å². The zero-order valence-corrected chi connectivity index (χ0v) is 11.8. The molecule has 0 N–H and O–H groups in total. The summed E-state index contributed by atoms with van der Waals surface area (Å²) in [6.07, 6.45) is 0. The molecule has 0 spiro atoms. The van der Waals surface area contributed by atoms with Crippen molar-refractivity contribution in [3.8, 4) is 0 Å². The first-order valence-corrected chi connectivity index (χ1v) is 6.76. The predicted molar refractivity (Wildman–Crippen MR) is 81.6 cm³/mol. The number of hydrogen-bond donors (Lipinski definition) is 0. The lowest BCUT2D eigenvalue weighted by atomic mass is 10.0. The van der Waals surface area contributed by atoms with Gasteiger partial charge in [0.1, 0.15) is 5.15 Å². The molecule has 0 saturated carbocycles. The van der Waals surface area contributed by atoms with Gasteiger partial charge in [0.15, 0.2) is 5.78 Å². The molecule has 0 amide bonds. The first-order valence-electron chi connectivity index (χ1n) is 6.01. The number of hydrogen-bond acceptors (Lipinski definition) is 2. The lowest BCUT2D eigenvalue weighted by molar-refractivity contribution is 0.103. The molecule has 2 aromatic carbocycles. The van der Waals surface area contributed by atoms with Crippen LogP contribution in [0.2, 0.25) is 10.2 Å². The molecule has 98 valence electrons. The van der Waals surface area contributed by atoms with Gasteiger partial charge >= 0.3 is 0 Å². The molecule has 0 saturated heterocycles. The lowest BCUT2D eigenvalue weighted by Crippen LogP contribution is -2.01. The Balaban J connectivity index is 2.12. The summed E-state index contributed by atoms with van der Waals surface area (Å²) in [4.78, 5) is 16.6. The molecular formula is C16H9Cl2NO. The van der Waals surface area contributed by atoms with Gasteiger partial charge in [-0.15, -0.1) is 0 Å². The number of pyridine rings is 1. The number of rotatable bonds is 2. The Bertz CT molecular complexity index is 800. The molecule has 2 nitrogen and oxygen atoms in total. The molecule has 1 aromatic heterocycles. The van der Waals surface area contributed by atoms with Gasteiger partial charge in [-0.1, -0.05) is 53.5 Å². The summed E-state index contributed by atoms with van der Waals surface area (Å²) in [5, 5.41) is 1.55. The van der Waals surface area contributed by atoms with Crippen molar-refractivity contribution in [2.75, 3.05) is 0 Å². The van der Waals surface area contributed by atoms with Crippen molar-refractivity contribution in [2.24, 2.45) is 0 Å². The van der Waals surface area contributed by atoms with Gasteiger partial charge in [0.25, 0.3) is 0 Å². The molecule has 3 rings (SSSR count). The summed E-state index contributed by atoms with van der Waals surface area (Å²) >= 11 is 12.0. The average molecular weight is 302 g/mol. The fourth-order valence-corrected chi connectivity index (χ4v) is 2.56. The van der Waals surface area contributed by atoms with E-state index in [1.807, 2.05) is 18.2 Å². The van der Waals surface area contributed by atoms with Gasteiger partial charge in [0.2, 0.25) is 0 Å². The molecule has 0 bridgehead atoms. The summed E-state index contributed by atoms with van der Waals surface area (Å²) in [7, 11) is 0. The van der Waals surface area contributed by atoms with Crippen LogP contribution in [-0.2, 0) is 0 Å². The van der Waals surface area contributed by atoms with E-state index in [2.05, 4.69) is 4.98 Å². The number of fused-ring (bicyclic) bond motifs is 1. The molecule has 3 aromatic rings. The molecule has 4 heteroatoms. The molecule has 0 aliphatic heterocycles. The molecule has 1 heterocycles. The maximum absolute atomic E-state index is 12.4. The number of nitrogens with zero attached hydrogens (tertiary/aromatic N) is 1. The van der Waals surface area contributed by atoms with E-state index in [9.17, 15) is 4.79 Å². The van der Waals surface area contributed by atoms with E-state index in [0.717, 1.165) is 5.39 Å². The number of halogens is 2. The van der Waals surface area contributed by atoms with E-state index in [0.29, 0.717) is 26.8 Å². The van der Waals surface area contributed by atoms with Gasteiger partial charge in [-0.3, -0.25) is 4.79 Å². The van der Waals surface area contributed by atoms with Crippen LogP contribution in [-0.4, -0.2) is 10.8 Å². The summed E-state index contributed by atoms with van der Waals surface area (Å²) in [6.45, 7) is 0. The number of carbonyl (C=O) groups excluding carboxylic acids is 1. The van der Waals surface area contributed by atoms with Crippen LogP contribution in [0.15, 0.2) is 54.6 Å². The quantitative estimate of drug-likeness (QED) is 0.504. The normalized spacial score (nSPS) is 10.7. The lowest BCUT2D eigenvalue weighted by Gasteiger charge is -2.05. The summed E-state index contributed by atoms with van der Waals surface area (Å²) < 4.78 is 0. The smallest absolute Gasteiger partial charge is 0.193 e. The Morgan fingerprint density at radius 3 is 2.40 bits per heavy atom. The third-order valence-corrected chi connectivity index (χ3v) is 3.53. The minimum atomic E-state index is -0.0430. The van der Waals surface area contributed by atoms with Crippen LogP contribution in [0.4, 0.5) is 0 Å². The van der Waals surface area contributed by atoms with Crippen molar-refractivity contribution in [1.29, 1.82) is 0 Å². The van der Waals surface area contributed by atoms with Crippen LogP contribution in [0.3, 0.4) is 0 Å². The zero-order valence-electron chi connectivity index (χ0n) is 10.3. The summed E-state index contributed by atoms with van der Waals surface area (Å²) in [5.41, 5.74) is 1.90. The maximum Gasteiger partial charge on any atom is 0.193 e. The third kappa shape index (κ3) is 2.40. The molecule has 0 unspecified atom stereocenters. The standard InChI is InChI=1S/C16H9Cl2NO/c17-13-9-15(18)19-14-7-6-11(8-12(13)14)16(20)10-4-2-1-3-5-10/h1-9H. The van der Waals surface area contributed by atoms with E-state index < -0.39 is 0 Å². The second kappa shape index (κ2) is 5.23. The molecule has 0 radical (unpaired) electrons. The van der Waals surface area contributed by atoms with E-state index in [1.165, 1.54) is 0 Å². The van der Waals surface area contributed by atoms with Crippen molar-refractivity contribution < 1.29 is 4.79 Å². The minimum absolute atomic E-state index is 0.0430. The van der Waals surface area contributed by atoms with Gasteiger partial charge in [0, 0.05) is 16.5 Å². The largest absolute Gasteiger partial charge is 0.289 e. The van der Waals surface area contributed by atoms with Crippen LogP contribution >= 0.6 is 23.2 Å². The number of carbonyl (C=O) groups is 1. The number of benzene rings is 2. The molecule has 0 fully saturated rings. The minimum Gasteiger partial charge on any atom is -0.289 e. The predicted octanol–water partition coefficient (Wildman–Crippen LogP) is 4.77. The van der Waals surface area contributed by atoms with Crippen LogP contribution < -0.4 is 0 Å². The highest BCUT2D eigenvalue weighted by Crippen LogP contribution is 2.26. The van der Waals surface area contributed by atoms with Crippen molar-refractivity contribution in [3.63, 3.8) is 0 Å². The second-order valence-electron chi connectivity index (χ2n) is 4.35. The number of aromatic nitrogens is 1. The topological polar surface area (TPSA) is 30.0 Å². The molecule has 0 aliphatic rings. The van der Waals surface area contributed by atoms with Crippen molar-refractivity contribution >= 4 is 39.9 Å². The fourth-order valence-electron chi connectivity index (χ4n) is 2.05. The Morgan fingerprint density at radius 1 is 0.900 bits per heavy atom. The van der Waals surface area contributed by atoms with Crippen LogP contribution in [0.1, 0.15) is 15.9 Å². The van der Waals surface area contributed by atoms with Gasteiger partial charge in [-0.25, -0.2) is 4.98 Å². The first-order chi connectivity index (χ1) is 9.65. The summed E-state index contributed by atoms with van der Waals surface area (Å²) in [6, 6.07) is 15.9. The van der Waals surface area contributed by atoms with E-state index in [4.69, 9.17) is 23.2 Å². The van der Waals surface area contributed by atoms with Crippen molar-refractivity contribution in [2.45, 2.75) is 0 Å². The average Bonchev–Trinajstić information content (AvgIpc) is 2.47. The van der Waals surface area contributed by atoms with Gasteiger partial charge in [0.05, 0.1) is 10.5 Å². The van der Waals surface area contributed by atoms with Crippen molar-refractivity contribution in [3.05, 3.63) is 75.9 Å². The Hall–Kier alpha value is -1.90. The van der Waals surface area contributed by atoms with Crippen molar-refractivity contribution in [1.82, 2.24) is 4.98 Å². The van der Waals surface area contributed by atoms with Crippen LogP contribution in [0.25, 0.3) is 10.9 Å². The van der Waals surface area contributed by atoms with E-state index >= 15 is 0 Å². The highest BCUT2D eigenvalue weighted by atomic mass is 35.5. The monoisotopic (exact) mass is 301 g/mol. The Kier molecular flexibility index (Phi) is 3.43. The van der Waals surface area contributed by atoms with E-state index in [1.54, 1.807) is 36.4 Å². The molecular weight excluding hydrogens is 293 g/mol. The summed E-state index contributed by atoms with van der Waals surface area (Å²) in [5.74, 6) is -0.0430. The second-order valence-corrected chi connectivity index (χ2v) is 5.15. The SMILES string of the molecule is O=C(c1ccccc1)c1ccc2nc(Cl)cc(Cl)c2c1. The highest BCUT2D eigenvalue weighted by molar-refractivity contribution is 6.38. The van der Waals surface area contributed by atoms with Crippen LogP contribution in [0, 0.1) is 0 Å². The third-order valence-electron chi connectivity index (χ3n) is 3.03. The first kappa shape index (κ1) is 13.1.